The number of piperidine rings is 1. The zero-order valence-electron chi connectivity index (χ0n) is 18.0. The molecule has 166 valence electrons. The minimum Gasteiger partial charge on any atom is -0.363 e. The molecule has 3 rings (SSSR count). The van der Waals surface area contributed by atoms with Crippen molar-refractivity contribution in [2.45, 2.75) is 38.9 Å². The van der Waals surface area contributed by atoms with Gasteiger partial charge in [0.2, 0.25) is 0 Å². The number of thiophene rings is 1. The van der Waals surface area contributed by atoms with E-state index in [0.29, 0.717) is 24.7 Å². The molecule has 0 bridgehead atoms. The normalized spacial score (nSPS) is 15.2. The van der Waals surface area contributed by atoms with E-state index in [4.69, 9.17) is 4.99 Å². The van der Waals surface area contributed by atoms with Crippen molar-refractivity contribution < 1.29 is 4.39 Å². The molecular weight excluding hydrogens is 512 g/mol. The molecule has 1 aromatic heterocycles. The molecule has 2 heterocycles. The Labute approximate surface area is 200 Å². The molecule has 8 heteroatoms. The highest BCUT2D eigenvalue weighted by Gasteiger charge is 2.20. The number of halogens is 2. The van der Waals surface area contributed by atoms with Gasteiger partial charge in [0.05, 0.1) is 11.5 Å². The number of nitrogens with zero attached hydrogens (tertiary/aromatic N) is 3. The van der Waals surface area contributed by atoms with Crippen molar-refractivity contribution >= 4 is 46.3 Å². The Morgan fingerprint density at radius 3 is 2.67 bits per heavy atom. The summed E-state index contributed by atoms with van der Waals surface area (Å²) >= 11 is 1.80. The molecule has 1 aromatic carbocycles. The molecule has 1 aliphatic heterocycles. The van der Waals surface area contributed by atoms with Crippen LogP contribution in [0.15, 0.2) is 40.7 Å². The summed E-state index contributed by atoms with van der Waals surface area (Å²) in [5.41, 5.74) is 1.73. The van der Waals surface area contributed by atoms with Crippen molar-refractivity contribution in [2.24, 2.45) is 4.99 Å². The van der Waals surface area contributed by atoms with Gasteiger partial charge in [0.15, 0.2) is 5.96 Å². The summed E-state index contributed by atoms with van der Waals surface area (Å²) in [5, 5.41) is 10.4. The number of benzene rings is 1. The van der Waals surface area contributed by atoms with Gasteiger partial charge in [0, 0.05) is 37.8 Å². The highest BCUT2D eigenvalue weighted by Crippen LogP contribution is 2.24. The quantitative estimate of drug-likeness (QED) is 0.310. The predicted molar refractivity (Wildman–Crippen MR) is 137 cm³/mol. The summed E-state index contributed by atoms with van der Waals surface area (Å²) in [6, 6.07) is 10.0. The Kier molecular flexibility index (Phi) is 10.3. The van der Waals surface area contributed by atoms with Gasteiger partial charge in [0.1, 0.15) is 5.82 Å². The lowest BCUT2D eigenvalue weighted by molar-refractivity contribution is 0.392. The minimum absolute atomic E-state index is 0. The SMILES string of the molecule is CCNC(=NCc1ccc(F)c(CN(C)C)c1)NC1CCN(c2cccs2)CC1.I. The number of rotatable bonds is 7. The van der Waals surface area contributed by atoms with Crippen LogP contribution in [0.25, 0.3) is 0 Å². The molecule has 0 spiro atoms. The van der Waals surface area contributed by atoms with Crippen LogP contribution in [0.2, 0.25) is 0 Å². The number of anilines is 1. The van der Waals surface area contributed by atoms with Gasteiger partial charge in [-0.3, -0.25) is 0 Å². The van der Waals surface area contributed by atoms with E-state index in [1.807, 2.05) is 31.1 Å². The molecule has 5 nitrogen and oxygen atoms in total. The maximum absolute atomic E-state index is 14.0. The van der Waals surface area contributed by atoms with Gasteiger partial charge in [0.25, 0.3) is 0 Å². The lowest BCUT2D eigenvalue weighted by atomic mass is 10.1. The van der Waals surface area contributed by atoms with Crippen molar-refractivity contribution in [3.63, 3.8) is 0 Å². The predicted octanol–water partition coefficient (Wildman–Crippen LogP) is 4.29. The monoisotopic (exact) mass is 545 g/mol. The molecule has 0 atom stereocenters. The molecule has 30 heavy (non-hydrogen) atoms. The van der Waals surface area contributed by atoms with Gasteiger partial charge < -0.3 is 20.4 Å². The van der Waals surface area contributed by atoms with Crippen LogP contribution < -0.4 is 15.5 Å². The number of hydrogen-bond acceptors (Lipinski definition) is 4. The summed E-state index contributed by atoms with van der Waals surface area (Å²) in [6.07, 6.45) is 2.18. The summed E-state index contributed by atoms with van der Waals surface area (Å²) in [7, 11) is 3.89. The van der Waals surface area contributed by atoms with Crippen LogP contribution in [0.5, 0.6) is 0 Å². The van der Waals surface area contributed by atoms with Gasteiger partial charge in [-0.05, 0) is 69.1 Å². The number of guanidine groups is 1. The van der Waals surface area contributed by atoms with Crippen molar-refractivity contribution in [3.8, 4) is 0 Å². The Hall–Kier alpha value is -1.39. The number of nitrogens with one attached hydrogen (secondary N) is 2. The standard InChI is InChI=1S/C22H32FN5S.HI/c1-4-24-22(25-15-17-7-8-20(23)18(14-17)16-27(2)3)26-19-9-11-28(12-10-19)21-6-5-13-29-21;/h5-8,13-14,19H,4,9-12,15-16H2,1-3H3,(H2,24,25,26);1H. The Balaban J connectivity index is 0.00000320. The molecular formula is C22H33FIN5S. The van der Waals surface area contributed by atoms with Gasteiger partial charge >= 0.3 is 0 Å². The molecule has 2 N–H and O–H groups in total. The van der Waals surface area contributed by atoms with Crippen molar-refractivity contribution in [1.29, 1.82) is 0 Å². The first-order valence-corrected chi connectivity index (χ1v) is 11.2. The highest BCUT2D eigenvalue weighted by atomic mass is 127. The van der Waals surface area contributed by atoms with Crippen LogP contribution in [0.1, 0.15) is 30.9 Å². The van der Waals surface area contributed by atoms with E-state index in [-0.39, 0.29) is 29.8 Å². The Morgan fingerprint density at radius 1 is 1.27 bits per heavy atom. The van der Waals surface area contributed by atoms with E-state index < -0.39 is 0 Å². The van der Waals surface area contributed by atoms with E-state index in [1.54, 1.807) is 17.4 Å². The minimum atomic E-state index is -0.158. The topological polar surface area (TPSA) is 42.9 Å². The van der Waals surface area contributed by atoms with E-state index in [9.17, 15) is 4.39 Å². The molecule has 0 unspecified atom stereocenters. The molecule has 0 aliphatic carbocycles. The fourth-order valence-electron chi connectivity index (χ4n) is 3.57. The van der Waals surface area contributed by atoms with Crippen LogP contribution in [0.4, 0.5) is 9.39 Å². The van der Waals surface area contributed by atoms with Crippen molar-refractivity contribution in [1.82, 2.24) is 15.5 Å². The molecule has 1 aliphatic rings. The number of aliphatic imine (C=N–C) groups is 1. The van der Waals surface area contributed by atoms with Crippen LogP contribution in [0, 0.1) is 5.82 Å². The first-order chi connectivity index (χ1) is 14.0. The fourth-order valence-corrected chi connectivity index (χ4v) is 4.35. The summed E-state index contributed by atoms with van der Waals surface area (Å²) < 4.78 is 14.0. The van der Waals surface area contributed by atoms with Gasteiger partial charge in [-0.2, -0.15) is 0 Å². The van der Waals surface area contributed by atoms with Crippen LogP contribution in [-0.4, -0.2) is 50.6 Å². The lowest BCUT2D eigenvalue weighted by Crippen LogP contribution is -2.48. The van der Waals surface area contributed by atoms with Crippen molar-refractivity contribution in [3.05, 3.63) is 52.7 Å². The average molecular weight is 546 g/mol. The second kappa shape index (κ2) is 12.5. The molecule has 1 saturated heterocycles. The zero-order valence-corrected chi connectivity index (χ0v) is 21.2. The molecule has 0 amide bonds. The average Bonchev–Trinajstić information content (AvgIpc) is 3.23. The third-order valence-corrected chi connectivity index (χ3v) is 5.94. The Morgan fingerprint density at radius 2 is 2.03 bits per heavy atom. The summed E-state index contributed by atoms with van der Waals surface area (Å²) in [5.74, 6) is 0.675. The smallest absolute Gasteiger partial charge is 0.191 e. The molecule has 0 saturated carbocycles. The number of hydrogen-bond donors (Lipinski definition) is 2. The van der Waals surface area contributed by atoms with Gasteiger partial charge in [-0.1, -0.05) is 6.07 Å². The molecule has 2 aromatic rings. The van der Waals surface area contributed by atoms with Crippen LogP contribution >= 0.6 is 35.3 Å². The van der Waals surface area contributed by atoms with Gasteiger partial charge in [-0.15, -0.1) is 35.3 Å². The third kappa shape index (κ3) is 7.39. The van der Waals surface area contributed by atoms with Crippen molar-refractivity contribution in [2.75, 3.05) is 38.6 Å². The molecule has 0 radical (unpaired) electrons. The van der Waals surface area contributed by atoms with Crippen LogP contribution in [0.3, 0.4) is 0 Å². The van der Waals surface area contributed by atoms with E-state index >= 15 is 0 Å². The lowest BCUT2D eigenvalue weighted by Gasteiger charge is -2.33. The first kappa shape index (κ1) is 24.9. The summed E-state index contributed by atoms with van der Waals surface area (Å²) in [6.45, 7) is 6.13. The fraction of sp³-hybridized carbons (Fsp3) is 0.500. The van der Waals surface area contributed by atoms with E-state index in [1.165, 1.54) is 5.00 Å². The second-order valence-corrected chi connectivity index (χ2v) is 8.64. The van der Waals surface area contributed by atoms with Gasteiger partial charge in [-0.25, -0.2) is 9.38 Å². The second-order valence-electron chi connectivity index (χ2n) is 7.72. The maximum Gasteiger partial charge on any atom is 0.191 e. The molecule has 1 fully saturated rings. The third-order valence-electron chi connectivity index (χ3n) is 5.01. The van der Waals surface area contributed by atoms with Crippen LogP contribution in [-0.2, 0) is 13.1 Å². The summed E-state index contributed by atoms with van der Waals surface area (Å²) in [4.78, 5) is 9.17. The van der Waals surface area contributed by atoms with E-state index in [0.717, 1.165) is 44.0 Å². The largest absolute Gasteiger partial charge is 0.363 e. The highest BCUT2D eigenvalue weighted by molar-refractivity contribution is 14.0. The first-order valence-electron chi connectivity index (χ1n) is 10.3. The maximum atomic E-state index is 14.0. The van der Waals surface area contributed by atoms with E-state index in [2.05, 4.69) is 40.0 Å². The zero-order chi connectivity index (χ0) is 20.6. The Bertz CT molecular complexity index is 789.